The van der Waals surface area contributed by atoms with Gasteiger partial charge in [0.2, 0.25) is 5.91 Å². The molecule has 2 aromatic carbocycles. The van der Waals surface area contributed by atoms with E-state index in [0.717, 1.165) is 16.8 Å². The molecule has 1 heterocycles. The molecule has 0 saturated carbocycles. The van der Waals surface area contributed by atoms with Crippen LogP contribution in [0.1, 0.15) is 24.1 Å². The molecule has 3 rings (SSSR count). The van der Waals surface area contributed by atoms with Gasteiger partial charge in [0.1, 0.15) is 6.07 Å². The second-order valence-corrected chi connectivity index (χ2v) is 6.49. The Kier molecular flexibility index (Phi) is 6.85. The van der Waals surface area contributed by atoms with Gasteiger partial charge in [0, 0.05) is 24.2 Å². The van der Waals surface area contributed by atoms with Gasteiger partial charge in [0.15, 0.2) is 18.1 Å². The van der Waals surface area contributed by atoms with Crippen LogP contribution in [-0.4, -0.2) is 29.2 Å². The van der Waals surface area contributed by atoms with Crippen LogP contribution in [-0.2, 0) is 4.79 Å². The predicted molar refractivity (Wildman–Crippen MR) is 113 cm³/mol. The standard InChI is InChI=1S/C23H22N4O3/c1-17(19-4-3-5-20(15-19)27-12-11-25-16-27)26-23(28)9-7-18-6-8-21(30-13-10-24)22(14-18)29-2/h3-9,11-12,14-17H,13H2,1-2H3,(H,26,28)/b9-7+/t17-/m1/s1. The number of nitriles is 1. The third-order valence-electron chi connectivity index (χ3n) is 4.44. The fourth-order valence-corrected chi connectivity index (χ4v) is 2.90. The minimum Gasteiger partial charge on any atom is -0.493 e. The van der Waals surface area contributed by atoms with Crippen molar-refractivity contribution in [3.05, 3.63) is 78.4 Å². The van der Waals surface area contributed by atoms with Gasteiger partial charge < -0.3 is 19.4 Å². The van der Waals surface area contributed by atoms with E-state index >= 15 is 0 Å². The van der Waals surface area contributed by atoms with Gasteiger partial charge in [-0.15, -0.1) is 0 Å². The summed E-state index contributed by atoms with van der Waals surface area (Å²) in [6.07, 6.45) is 8.49. The molecule has 0 aliphatic rings. The molecule has 1 amide bonds. The van der Waals surface area contributed by atoms with Gasteiger partial charge in [-0.05, 0) is 48.4 Å². The molecule has 0 fully saturated rings. The Bertz CT molecular complexity index is 1070. The zero-order valence-electron chi connectivity index (χ0n) is 16.8. The van der Waals surface area contributed by atoms with Crippen LogP contribution in [0.2, 0.25) is 0 Å². The molecule has 3 aromatic rings. The summed E-state index contributed by atoms with van der Waals surface area (Å²) in [7, 11) is 1.52. The van der Waals surface area contributed by atoms with E-state index in [2.05, 4.69) is 10.3 Å². The maximum atomic E-state index is 12.4. The predicted octanol–water partition coefficient (Wildman–Crippen LogP) is 3.67. The van der Waals surface area contributed by atoms with Crippen molar-refractivity contribution in [2.75, 3.05) is 13.7 Å². The van der Waals surface area contributed by atoms with E-state index in [1.54, 1.807) is 36.8 Å². The smallest absolute Gasteiger partial charge is 0.244 e. The summed E-state index contributed by atoms with van der Waals surface area (Å²) < 4.78 is 12.5. The Morgan fingerprint density at radius 2 is 2.17 bits per heavy atom. The van der Waals surface area contributed by atoms with Crippen LogP contribution >= 0.6 is 0 Å². The van der Waals surface area contributed by atoms with E-state index in [1.165, 1.54) is 13.2 Å². The van der Waals surface area contributed by atoms with Crippen molar-refractivity contribution >= 4 is 12.0 Å². The van der Waals surface area contributed by atoms with Crippen molar-refractivity contribution in [1.29, 1.82) is 5.26 Å². The van der Waals surface area contributed by atoms with E-state index in [-0.39, 0.29) is 18.6 Å². The molecule has 1 atom stereocenters. The Labute approximate surface area is 175 Å². The third kappa shape index (κ3) is 5.26. The lowest BCUT2D eigenvalue weighted by atomic mass is 10.1. The van der Waals surface area contributed by atoms with Crippen LogP contribution < -0.4 is 14.8 Å². The van der Waals surface area contributed by atoms with E-state index in [1.807, 2.05) is 48.0 Å². The summed E-state index contributed by atoms with van der Waals surface area (Å²) in [5.74, 6) is 0.767. The molecule has 152 valence electrons. The lowest BCUT2D eigenvalue weighted by molar-refractivity contribution is -0.117. The third-order valence-corrected chi connectivity index (χ3v) is 4.44. The molecule has 0 aliphatic heterocycles. The highest BCUT2D eigenvalue weighted by molar-refractivity contribution is 5.92. The second-order valence-electron chi connectivity index (χ2n) is 6.49. The number of imidazole rings is 1. The van der Waals surface area contributed by atoms with Gasteiger partial charge in [-0.3, -0.25) is 4.79 Å². The summed E-state index contributed by atoms with van der Waals surface area (Å²) in [5, 5.41) is 11.6. The van der Waals surface area contributed by atoms with Crippen LogP contribution in [0.5, 0.6) is 11.5 Å². The molecule has 0 unspecified atom stereocenters. The van der Waals surface area contributed by atoms with Crippen molar-refractivity contribution in [2.45, 2.75) is 13.0 Å². The fraction of sp³-hybridized carbons (Fsp3) is 0.174. The number of ether oxygens (including phenoxy) is 2. The molecular formula is C23H22N4O3. The van der Waals surface area contributed by atoms with Gasteiger partial charge in [0.25, 0.3) is 0 Å². The number of carbonyl (C=O) groups is 1. The molecule has 0 spiro atoms. The minimum absolute atomic E-state index is 0.0616. The highest BCUT2D eigenvalue weighted by Crippen LogP contribution is 2.28. The molecule has 0 radical (unpaired) electrons. The van der Waals surface area contributed by atoms with E-state index in [0.29, 0.717) is 11.5 Å². The van der Waals surface area contributed by atoms with Crippen molar-refractivity contribution in [3.8, 4) is 23.3 Å². The molecule has 7 nitrogen and oxygen atoms in total. The second kappa shape index (κ2) is 9.94. The first kappa shape index (κ1) is 20.7. The van der Waals surface area contributed by atoms with Crippen molar-refractivity contribution in [3.63, 3.8) is 0 Å². The Hall–Kier alpha value is -4.05. The molecule has 1 N–H and O–H groups in total. The van der Waals surface area contributed by atoms with Gasteiger partial charge >= 0.3 is 0 Å². The van der Waals surface area contributed by atoms with Crippen molar-refractivity contribution in [2.24, 2.45) is 0 Å². The van der Waals surface area contributed by atoms with Crippen molar-refractivity contribution in [1.82, 2.24) is 14.9 Å². The molecule has 30 heavy (non-hydrogen) atoms. The average molecular weight is 402 g/mol. The minimum atomic E-state index is -0.209. The summed E-state index contributed by atoms with van der Waals surface area (Å²) in [5.41, 5.74) is 2.75. The van der Waals surface area contributed by atoms with Gasteiger partial charge in [-0.2, -0.15) is 5.26 Å². The maximum absolute atomic E-state index is 12.4. The molecular weight excluding hydrogens is 380 g/mol. The molecule has 1 aromatic heterocycles. The number of rotatable bonds is 8. The number of methoxy groups -OCH3 is 1. The lowest BCUT2D eigenvalue weighted by Gasteiger charge is -2.14. The molecule has 0 saturated heterocycles. The van der Waals surface area contributed by atoms with E-state index in [4.69, 9.17) is 14.7 Å². The molecule has 7 heteroatoms. The molecule has 0 aliphatic carbocycles. The number of hydrogen-bond acceptors (Lipinski definition) is 5. The Morgan fingerprint density at radius 3 is 2.90 bits per heavy atom. The SMILES string of the molecule is COc1cc(/C=C/C(=O)N[C@H](C)c2cccc(-n3ccnc3)c2)ccc1OCC#N. The fourth-order valence-electron chi connectivity index (χ4n) is 2.90. The highest BCUT2D eigenvalue weighted by atomic mass is 16.5. The lowest BCUT2D eigenvalue weighted by Crippen LogP contribution is -2.24. The highest BCUT2D eigenvalue weighted by Gasteiger charge is 2.09. The zero-order valence-corrected chi connectivity index (χ0v) is 16.8. The van der Waals surface area contributed by atoms with Gasteiger partial charge in [-0.1, -0.05) is 18.2 Å². The number of benzene rings is 2. The zero-order chi connectivity index (χ0) is 21.3. The van der Waals surface area contributed by atoms with Gasteiger partial charge in [-0.25, -0.2) is 4.98 Å². The average Bonchev–Trinajstić information content (AvgIpc) is 3.31. The first-order valence-electron chi connectivity index (χ1n) is 9.35. The van der Waals surface area contributed by atoms with Gasteiger partial charge in [0.05, 0.1) is 19.5 Å². The number of hydrogen-bond donors (Lipinski definition) is 1. The monoisotopic (exact) mass is 402 g/mol. The Balaban J connectivity index is 1.64. The van der Waals surface area contributed by atoms with E-state index in [9.17, 15) is 4.79 Å². The first-order valence-corrected chi connectivity index (χ1v) is 9.35. The van der Waals surface area contributed by atoms with Crippen molar-refractivity contribution < 1.29 is 14.3 Å². The first-order chi connectivity index (χ1) is 14.6. The van der Waals surface area contributed by atoms with Crippen LogP contribution in [0.4, 0.5) is 0 Å². The van der Waals surface area contributed by atoms with Crippen LogP contribution in [0.15, 0.2) is 67.3 Å². The Morgan fingerprint density at radius 1 is 1.30 bits per heavy atom. The summed E-state index contributed by atoms with van der Waals surface area (Å²) in [6, 6.07) is 14.9. The normalized spacial score (nSPS) is 11.6. The number of nitrogens with one attached hydrogen (secondary N) is 1. The number of carbonyl (C=O) groups excluding carboxylic acids is 1. The largest absolute Gasteiger partial charge is 0.493 e. The topological polar surface area (TPSA) is 89.2 Å². The summed E-state index contributed by atoms with van der Waals surface area (Å²) in [4.78, 5) is 16.4. The quantitative estimate of drug-likeness (QED) is 0.581. The number of amides is 1. The van der Waals surface area contributed by atoms with Crippen LogP contribution in [0.3, 0.4) is 0 Å². The number of nitrogens with zero attached hydrogens (tertiary/aromatic N) is 3. The van der Waals surface area contributed by atoms with Crippen LogP contribution in [0.25, 0.3) is 11.8 Å². The summed E-state index contributed by atoms with van der Waals surface area (Å²) in [6.45, 7) is 1.87. The van der Waals surface area contributed by atoms with E-state index < -0.39 is 0 Å². The summed E-state index contributed by atoms with van der Waals surface area (Å²) >= 11 is 0. The molecule has 0 bridgehead atoms. The van der Waals surface area contributed by atoms with Crippen LogP contribution in [0, 0.1) is 11.3 Å². The maximum Gasteiger partial charge on any atom is 0.244 e. The number of aromatic nitrogens is 2.